The van der Waals surface area contributed by atoms with Crippen LogP contribution in [0.2, 0.25) is 0 Å². The maximum atomic E-state index is 5.64. The van der Waals surface area contributed by atoms with Gasteiger partial charge in [0, 0.05) is 31.2 Å². The number of benzene rings is 1. The molecule has 0 atom stereocenters. The minimum Gasteiger partial charge on any atom is -0.493 e. The van der Waals surface area contributed by atoms with E-state index in [2.05, 4.69) is 15.9 Å². The van der Waals surface area contributed by atoms with Gasteiger partial charge < -0.3 is 19.9 Å². The first kappa shape index (κ1) is 15.4. The van der Waals surface area contributed by atoms with Crippen molar-refractivity contribution in [2.45, 2.75) is 13.0 Å². The highest BCUT2D eigenvalue weighted by molar-refractivity contribution is 9.10. The van der Waals surface area contributed by atoms with E-state index in [1.165, 1.54) is 0 Å². The molecule has 4 nitrogen and oxygen atoms in total. The lowest BCUT2D eigenvalue weighted by Gasteiger charge is -2.09. The highest BCUT2D eigenvalue weighted by Crippen LogP contribution is 2.21. The first-order chi connectivity index (χ1) is 8.76. The fourth-order valence-electron chi connectivity index (χ4n) is 1.42. The van der Waals surface area contributed by atoms with Gasteiger partial charge in [-0.3, -0.25) is 0 Å². The Morgan fingerprint density at radius 3 is 2.67 bits per heavy atom. The van der Waals surface area contributed by atoms with Crippen molar-refractivity contribution < 1.29 is 14.2 Å². The lowest BCUT2D eigenvalue weighted by molar-refractivity contribution is 0.0644. The van der Waals surface area contributed by atoms with Crippen LogP contribution in [0.4, 0.5) is 0 Å². The summed E-state index contributed by atoms with van der Waals surface area (Å²) in [7, 11) is 1.66. The van der Waals surface area contributed by atoms with Crippen LogP contribution in [0.3, 0.4) is 0 Å². The van der Waals surface area contributed by atoms with Gasteiger partial charge in [0.2, 0.25) is 0 Å². The van der Waals surface area contributed by atoms with Crippen LogP contribution < -0.4 is 10.5 Å². The zero-order valence-electron chi connectivity index (χ0n) is 10.7. The Hall–Kier alpha value is -0.620. The van der Waals surface area contributed by atoms with E-state index in [1.807, 2.05) is 18.2 Å². The molecule has 0 bridgehead atoms. The predicted octanol–water partition coefficient (Wildman–Crippen LogP) is 2.34. The van der Waals surface area contributed by atoms with Gasteiger partial charge in [0.1, 0.15) is 5.75 Å². The maximum absolute atomic E-state index is 5.64. The number of nitrogens with two attached hydrogens (primary N) is 1. The molecule has 0 unspecified atom stereocenters. The molecule has 0 spiro atoms. The van der Waals surface area contributed by atoms with Crippen molar-refractivity contribution in [3.63, 3.8) is 0 Å². The molecular formula is C13H20BrNO3. The van der Waals surface area contributed by atoms with Crippen LogP contribution in [0.15, 0.2) is 22.7 Å². The molecule has 0 saturated carbocycles. The van der Waals surface area contributed by atoms with Crippen molar-refractivity contribution in [3.05, 3.63) is 28.2 Å². The molecule has 2 N–H and O–H groups in total. The smallest absolute Gasteiger partial charge is 0.120 e. The SMILES string of the molecule is COCCOCCCOc1cc(Br)cc(CN)c1. The molecule has 0 amide bonds. The van der Waals surface area contributed by atoms with Gasteiger partial charge in [0.05, 0.1) is 19.8 Å². The van der Waals surface area contributed by atoms with Crippen molar-refractivity contribution in [3.8, 4) is 5.75 Å². The molecule has 0 aliphatic heterocycles. The van der Waals surface area contributed by atoms with Crippen LogP contribution in [0, 0.1) is 0 Å². The van der Waals surface area contributed by atoms with Crippen molar-refractivity contribution in [1.29, 1.82) is 0 Å². The molecule has 102 valence electrons. The fraction of sp³-hybridized carbons (Fsp3) is 0.538. The number of halogens is 1. The molecule has 0 fully saturated rings. The molecule has 0 aliphatic rings. The summed E-state index contributed by atoms with van der Waals surface area (Å²) in [6.07, 6.45) is 0.855. The van der Waals surface area contributed by atoms with E-state index in [-0.39, 0.29) is 0 Å². The third-order valence-electron chi connectivity index (χ3n) is 2.30. The summed E-state index contributed by atoms with van der Waals surface area (Å²) in [6.45, 7) is 3.08. The molecule has 1 rings (SSSR count). The van der Waals surface area contributed by atoms with Gasteiger partial charge in [-0.2, -0.15) is 0 Å². The predicted molar refractivity (Wildman–Crippen MR) is 74.8 cm³/mol. The van der Waals surface area contributed by atoms with E-state index in [0.29, 0.717) is 33.0 Å². The van der Waals surface area contributed by atoms with Crippen LogP contribution in [0.5, 0.6) is 5.75 Å². The van der Waals surface area contributed by atoms with Crippen molar-refractivity contribution in [2.75, 3.05) is 33.5 Å². The van der Waals surface area contributed by atoms with Gasteiger partial charge in [-0.15, -0.1) is 0 Å². The van der Waals surface area contributed by atoms with Crippen LogP contribution in [-0.2, 0) is 16.0 Å². The summed E-state index contributed by atoms with van der Waals surface area (Å²) in [6, 6.07) is 5.88. The van der Waals surface area contributed by atoms with E-state index in [0.717, 1.165) is 22.2 Å². The minimum atomic E-state index is 0.510. The number of methoxy groups -OCH3 is 1. The highest BCUT2D eigenvalue weighted by Gasteiger charge is 1.99. The van der Waals surface area contributed by atoms with Gasteiger partial charge in [-0.05, 0) is 23.8 Å². The molecule has 18 heavy (non-hydrogen) atoms. The highest BCUT2D eigenvalue weighted by atomic mass is 79.9. The second-order valence-electron chi connectivity index (χ2n) is 3.81. The fourth-order valence-corrected chi connectivity index (χ4v) is 1.94. The minimum absolute atomic E-state index is 0.510. The van der Waals surface area contributed by atoms with E-state index >= 15 is 0 Å². The Bertz CT molecular complexity index is 347. The van der Waals surface area contributed by atoms with Crippen LogP contribution in [0.1, 0.15) is 12.0 Å². The summed E-state index contributed by atoms with van der Waals surface area (Å²) in [5, 5.41) is 0. The molecule has 1 aromatic rings. The second kappa shape index (κ2) is 9.33. The van der Waals surface area contributed by atoms with Crippen LogP contribution in [0.25, 0.3) is 0 Å². The van der Waals surface area contributed by atoms with E-state index in [1.54, 1.807) is 7.11 Å². The Morgan fingerprint density at radius 2 is 1.94 bits per heavy atom. The van der Waals surface area contributed by atoms with Gasteiger partial charge in [-0.1, -0.05) is 15.9 Å². The van der Waals surface area contributed by atoms with E-state index < -0.39 is 0 Å². The molecular weight excluding hydrogens is 298 g/mol. The zero-order valence-corrected chi connectivity index (χ0v) is 12.2. The molecule has 1 aromatic carbocycles. The summed E-state index contributed by atoms with van der Waals surface area (Å²) in [4.78, 5) is 0. The monoisotopic (exact) mass is 317 g/mol. The molecule has 5 heteroatoms. The largest absolute Gasteiger partial charge is 0.493 e. The van der Waals surface area contributed by atoms with Crippen molar-refractivity contribution in [2.24, 2.45) is 5.73 Å². The summed E-state index contributed by atoms with van der Waals surface area (Å²) < 4.78 is 16.9. The topological polar surface area (TPSA) is 53.7 Å². The van der Waals surface area contributed by atoms with Gasteiger partial charge in [0.15, 0.2) is 0 Å². The Kier molecular flexibility index (Phi) is 8.00. The zero-order chi connectivity index (χ0) is 13.2. The van der Waals surface area contributed by atoms with Crippen LogP contribution in [-0.4, -0.2) is 33.5 Å². The Morgan fingerprint density at radius 1 is 1.11 bits per heavy atom. The first-order valence-electron chi connectivity index (χ1n) is 5.95. The number of rotatable bonds is 9. The first-order valence-corrected chi connectivity index (χ1v) is 6.74. The third-order valence-corrected chi connectivity index (χ3v) is 2.76. The van der Waals surface area contributed by atoms with Gasteiger partial charge >= 0.3 is 0 Å². The van der Waals surface area contributed by atoms with Crippen molar-refractivity contribution >= 4 is 15.9 Å². The third kappa shape index (κ3) is 6.35. The van der Waals surface area contributed by atoms with E-state index in [4.69, 9.17) is 19.9 Å². The van der Waals surface area contributed by atoms with Gasteiger partial charge in [0.25, 0.3) is 0 Å². The number of hydrogen-bond acceptors (Lipinski definition) is 4. The number of hydrogen-bond donors (Lipinski definition) is 1. The quantitative estimate of drug-likeness (QED) is 0.710. The lowest BCUT2D eigenvalue weighted by atomic mass is 10.2. The molecule has 0 saturated heterocycles. The van der Waals surface area contributed by atoms with Crippen LogP contribution >= 0.6 is 15.9 Å². The van der Waals surface area contributed by atoms with E-state index in [9.17, 15) is 0 Å². The molecule has 0 heterocycles. The molecule has 0 radical (unpaired) electrons. The Labute approximate surface area is 117 Å². The summed E-state index contributed by atoms with van der Waals surface area (Å²) in [5.41, 5.74) is 6.65. The maximum Gasteiger partial charge on any atom is 0.120 e. The van der Waals surface area contributed by atoms with Crippen molar-refractivity contribution in [1.82, 2.24) is 0 Å². The number of ether oxygens (including phenoxy) is 3. The summed E-state index contributed by atoms with van der Waals surface area (Å²) in [5.74, 6) is 0.835. The summed E-state index contributed by atoms with van der Waals surface area (Å²) >= 11 is 3.43. The standard InChI is InChI=1S/C13H20BrNO3/c1-16-5-6-17-3-2-4-18-13-8-11(10-15)7-12(14)9-13/h7-9H,2-6,10,15H2,1H3. The Balaban J connectivity index is 2.20. The normalized spacial score (nSPS) is 10.6. The second-order valence-corrected chi connectivity index (χ2v) is 4.72. The molecule has 0 aromatic heterocycles. The average Bonchev–Trinajstić information content (AvgIpc) is 2.37. The molecule has 0 aliphatic carbocycles. The lowest BCUT2D eigenvalue weighted by Crippen LogP contribution is -2.07. The van der Waals surface area contributed by atoms with Gasteiger partial charge in [-0.25, -0.2) is 0 Å². The average molecular weight is 318 g/mol.